The lowest BCUT2D eigenvalue weighted by Gasteiger charge is -2.45. The number of rotatable bonds is 9. The van der Waals surface area contributed by atoms with Crippen LogP contribution in [-0.2, 0) is 16.9 Å². The number of aromatic nitrogens is 3. The fourth-order valence-electron chi connectivity index (χ4n) is 4.54. The lowest BCUT2D eigenvalue weighted by molar-refractivity contribution is -0.104. The number of piperazine rings is 1. The first kappa shape index (κ1) is 26.4. The van der Waals surface area contributed by atoms with Gasteiger partial charge in [-0.2, -0.15) is 5.26 Å². The Morgan fingerprint density at radius 2 is 2.11 bits per heavy atom. The smallest absolute Gasteiger partial charge is 0.175 e. The van der Waals surface area contributed by atoms with Gasteiger partial charge in [-0.05, 0) is 38.8 Å². The van der Waals surface area contributed by atoms with Crippen LogP contribution in [0.3, 0.4) is 0 Å². The van der Waals surface area contributed by atoms with Crippen LogP contribution < -0.4 is 5.01 Å². The molecular formula is C26H36FN7O. The third-order valence-corrected chi connectivity index (χ3v) is 6.60. The van der Waals surface area contributed by atoms with Crippen molar-refractivity contribution in [1.82, 2.24) is 24.4 Å². The lowest BCUT2D eigenvalue weighted by Crippen LogP contribution is -2.52. The number of pyridine rings is 1. The minimum atomic E-state index is -1.46. The molecule has 0 bridgehead atoms. The van der Waals surface area contributed by atoms with E-state index in [1.54, 1.807) is 18.3 Å². The first-order chi connectivity index (χ1) is 16.6. The van der Waals surface area contributed by atoms with Gasteiger partial charge in [0.15, 0.2) is 5.82 Å². The summed E-state index contributed by atoms with van der Waals surface area (Å²) in [5.41, 5.74) is 1.44. The van der Waals surface area contributed by atoms with Gasteiger partial charge in [0.25, 0.3) is 0 Å². The molecule has 1 saturated heterocycles. The number of allylic oxidation sites excluding steroid dienone is 1. The van der Waals surface area contributed by atoms with Gasteiger partial charge in [0, 0.05) is 58.1 Å². The molecule has 2 aromatic heterocycles. The summed E-state index contributed by atoms with van der Waals surface area (Å²) in [5.74, 6) is 0.654. The molecule has 35 heavy (non-hydrogen) atoms. The highest BCUT2D eigenvalue weighted by atomic mass is 19.1. The van der Waals surface area contributed by atoms with Gasteiger partial charge in [0.05, 0.1) is 35.8 Å². The molecule has 3 rings (SSSR count). The van der Waals surface area contributed by atoms with Crippen LogP contribution in [0.25, 0.3) is 5.70 Å². The Bertz CT molecular complexity index is 1080. The highest BCUT2D eigenvalue weighted by Gasteiger charge is 2.32. The maximum absolute atomic E-state index is 14.2. The van der Waals surface area contributed by atoms with E-state index in [1.165, 1.54) is 13.8 Å². The Balaban J connectivity index is 1.85. The van der Waals surface area contributed by atoms with Crippen LogP contribution in [0.2, 0.25) is 0 Å². The van der Waals surface area contributed by atoms with Crippen molar-refractivity contribution in [1.29, 1.82) is 5.26 Å². The van der Waals surface area contributed by atoms with E-state index >= 15 is 0 Å². The second-order valence-electron chi connectivity index (χ2n) is 9.65. The molecule has 0 spiro atoms. The second kappa shape index (κ2) is 11.0. The van der Waals surface area contributed by atoms with Gasteiger partial charge in [0.1, 0.15) is 12.0 Å². The van der Waals surface area contributed by atoms with Crippen molar-refractivity contribution in [3.05, 3.63) is 53.4 Å². The zero-order chi connectivity index (χ0) is 25.8. The quantitative estimate of drug-likeness (QED) is 0.401. The number of halogens is 1. The van der Waals surface area contributed by atoms with E-state index in [1.807, 2.05) is 36.0 Å². The van der Waals surface area contributed by atoms with Crippen molar-refractivity contribution in [2.75, 3.05) is 38.7 Å². The van der Waals surface area contributed by atoms with Crippen LogP contribution >= 0.6 is 0 Å². The van der Waals surface area contributed by atoms with Gasteiger partial charge in [0.2, 0.25) is 0 Å². The van der Waals surface area contributed by atoms with Crippen LogP contribution in [0, 0.1) is 11.3 Å². The minimum Gasteiger partial charge on any atom is -0.363 e. The number of nitrogens with zero attached hydrogens (tertiary/aromatic N) is 7. The molecule has 8 nitrogen and oxygen atoms in total. The summed E-state index contributed by atoms with van der Waals surface area (Å²) in [7, 11) is 3.81. The van der Waals surface area contributed by atoms with E-state index in [0.717, 1.165) is 43.6 Å². The number of hydrogen-bond acceptors (Lipinski definition) is 7. The summed E-state index contributed by atoms with van der Waals surface area (Å²) in [6.07, 6.45) is 7.08. The van der Waals surface area contributed by atoms with Gasteiger partial charge in [-0.1, -0.05) is 13.0 Å². The number of nitriles is 1. The van der Waals surface area contributed by atoms with E-state index in [9.17, 15) is 9.18 Å². The maximum atomic E-state index is 14.2. The molecular weight excluding hydrogens is 445 g/mol. The maximum Gasteiger partial charge on any atom is 0.175 e. The van der Waals surface area contributed by atoms with Crippen LogP contribution in [0.5, 0.6) is 0 Å². The molecule has 2 aromatic rings. The van der Waals surface area contributed by atoms with E-state index in [2.05, 4.69) is 34.7 Å². The molecule has 188 valence electrons. The van der Waals surface area contributed by atoms with Crippen molar-refractivity contribution in [3.8, 4) is 6.07 Å². The van der Waals surface area contributed by atoms with E-state index in [-0.39, 0.29) is 18.5 Å². The number of carbonyl (C=O) groups excluding carboxylic acids is 1. The average Bonchev–Trinajstić information content (AvgIpc) is 3.25. The zero-order valence-electron chi connectivity index (χ0n) is 21.6. The predicted molar refractivity (Wildman–Crippen MR) is 135 cm³/mol. The molecule has 0 aliphatic carbocycles. The van der Waals surface area contributed by atoms with Gasteiger partial charge >= 0.3 is 0 Å². The fraction of sp³-hybridized carbons (Fsp3) is 0.538. The molecule has 0 radical (unpaired) electrons. The Morgan fingerprint density at radius 1 is 1.37 bits per heavy atom. The lowest BCUT2D eigenvalue weighted by atomic mass is 10.0. The number of carbonyl (C=O) groups is 1. The number of imidazole rings is 1. The molecule has 1 aliphatic heterocycles. The summed E-state index contributed by atoms with van der Waals surface area (Å²) in [5, 5.41) is 11.0. The molecule has 0 saturated carbocycles. The van der Waals surface area contributed by atoms with E-state index in [4.69, 9.17) is 10.2 Å². The largest absolute Gasteiger partial charge is 0.363 e. The Kier molecular flexibility index (Phi) is 8.28. The van der Waals surface area contributed by atoms with Crippen LogP contribution in [-0.4, -0.2) is 70.5 Å². The van der Waals surface area contributed by atoms with Gasteiger partial charge in [-0.3, -0.25) is 14.7 Å². The average molecular weight is 482 g/mol. The van der Waals surface area contributed by atoms with Crippen molar-refractivity contribution < 1.29 is 9.18 Å². The van der Waals surface area contributed by atoms with Gasteiger partial charge in [-0.15, -0.1) is 0 Å². The van der Waals surface area contributed by atoms with E-state index in [0.29, 0.717) is 17.2 Å². The normalized spacial score (nSPS) is 18.3. The van der Waals surface area contributed by atoms with Gasteiger partial charge < -0.3 is 9.91 Å². The van der Waals surface area contributed by atoms with E-state index < -0.39 is 5.67 Å². The molecule has 0 aromatic carbocycles. The Hall–Kier alpha value is -3.25. The van der Waals surface area contributed by atoms with Crippen LogP contribution in [0.4, 0.5) is 4.39 Å². The van der Waals surface area contributed by atoms with Crippen LogP contribution in [0.1, 0.15) is 62.9 Å². The number of hydrogen-bond donors (Lipinski definition) is 0. The topological polar surface area (TPSA) is 81.3 Å². The van der Waals surface area contributed by atoms with Crippen molar-refractivity contribution in [2.24, 2.45) is 0 Å². The first-order valence-electron chi connectivity index (χ1n) is 12.0. The standard InChI is InChI=1S/C26H36FN7O/c1-7-22-18-32(19(2)20-8-9-24(29-16-20)26(3,4)27)13-14-33(22)23(11-15-35)25-30-21(10-12-28)17-34(25)31(5)6/h8-9,11,15-17,19,22H,7,10,13-14,18H2,1-6H3/b23-11+. The van der Waals surface area contributed by atoms with Crippen molar-refractivity contribution >= 4 is 12.0 Å². The summed E-state index contributed by atoms with van der Waals surface area (Å²) in [6.45, 7) is 9.63. The number of alkyl halides is 1. The molecule has 2 atom stereocenters. The van der Waals surface area contributed by atoms with Gasteiger partial charge in [-0.25, -0.2) is 14.1 Å². The molecule has 2 unspecified atom stereocenters. The Morgan fingerprint density at radius 3 is 2.66 bits per heavy atom. The first-order valence-corrected chi connectivity index (χ1v) is 12.0. The summed E-state index contributed by atoms with van der Waals surface area (Å²) in [4.78, 5) is 25.3. The molecule has 0 amide bonds. The minimum absolute atomic E-state index is 0.125. The molecule has 9 heteroatoms. The molecule has 3 heterocycles. The van der Waals surface area contributed by atoms with Crippen molar-refractivity contribution in [3.63, 3.8) is 0 Å². The Labute approximate surface area is 207 Å². The molecule has 1 aliphatic rings. The van der Waals surface area contributed by atoms with Crippen molar-refractivity contribution in [2.45, 2.75) is 58.3 Å². The third-order valence-electron chi connectivity index (χ3n) is 6.60. The fourth-order valence-corrected chi connectivity index (χ4v) is 4.54. The third kappa shape index (κ3) is 5.88. The SMILES string of the molecule is CCC1CN(C(C)c2ccc(C(C)(C)F)nc2)CCN1/C(=C/C=O)c1nc(CC#N)cn1N(C)C. The van der Waals surface area contributed by atoms with Crippen LogP contribution in [0.15, 0.2) is 30.6 Å². The summed E-state index contributed by atoms with van der Waals surface area (Å²) < 4.78 is 16.1. The molecule has 1 fully saturated rings. The number of aldehydes is 1. The predicted octanol–water partition coefficient (Wildman–Crippen LogP) is 3.44. The highest BCUT2D eigenvalue weighted by molar-refractivity contribution is 5.79. The monoisotopic (exact) mass is 481 g/mol. The summed E-state index contributed by atoms with van der Waals surface area (Å²) >= 11 is 0. The molecule has 0 N–H and O–H groups in total. The second-order valence-corrected chi connectivity index (χ2v) is 9.65. The zero-order valence-corrected chi connectivity index (χ0v) is 21.6. The summed E-state index contributed by atoms with van der Waals surface area (Å²) in [6, 6.07) is 6.17. The highest BCUT2D eigenvalue weighted by Crippen LogP contribution is 2.30.